The molecule has 0 amide bonds. The molecule has 0 fully saturated rings. The fraction of sp³-hybridized carbons (Fsp3) is 0.471. The molecule has 2 aromatic rings. The van der Waals surface area contributed by atoms with Gasteiger partial charge in [-0.1, -0.05) is 20.8 Å². The molecule has 0 bridgehead atoms. The van der Waals surface area contributed by atoms with Crippen molar-refractivity contribution in [2.24, 2.45) is 0 Å². The lowest BCUT2D eigenvalue weighted by molar-refractivity contribution is 0.105. The lowest BCUT2D eigenvalue weighted by Crippen LogP contribution is -2.28. The van der Waals surface area contributed by atoms with Gasteiger partial charge in [0.15, 0.2) is 0 Å². The minimum Gasteiger partial charge on any atom is -0.406 e. The number of aryl methyl sites for hydroxylation is 1. The molecule has 0 saturated carbocycles. The number of imidazole rings is 1. The van der Waals surface area contributed by atoms with E-state index in [0.29, 0.717) is 9.76 Å². The van der Waals surface area contributed by atoms with Gasteiger partial charge >= 0.3 is 0 Å². The highest BCUT2D eigenvalue weighted by molar-refractivity contribution is 6.31. The van der Waals surface area contributed by atoms with Crippen molar-refractivity contribution in [1.29, 1.82) is 0 Å². The molecular formula is C17H23FN2OSi. The quantitative estimate of drug-likeness (QED) is 0.781. The maximum Gasteiger partial charge on any atom is 0.237 e. The molecule has 0 aliphatic heterocycles. The maximum atomic E-state index is 13.1. The van der Waals surface area contributed by atoms with E-state index < -0.39 is 5.60 Å². The van der Waals surface area contributed by atoms with Gasteiger partial charge in [0.1, 0.15) is 11.6 Å². The summed E-state index contributed by atoms with van der Waals surface area (Å²) >= 11 is 0. The molecule has 0 aliphatic carbocycles. The zero-order valence-electron chi connectivity index (χ0n) is 14.1. The van der Waals surface area contributed by atoms with E-state index in [9.17, 15) is 4.39 Å². The standard InChI is InChI=1S/C17H23FN2OSi/c1-12-19-15(17(5,6)21-22-16(2,3)4)11-20(12)14-9-7-13(18)8-10-14/h7-11H,1-6H3. The van der Waals surface area contributed by atoms with Crippen LogP contribution in [-0.2, 0) is 10.0 Å². The van der Waals surface area contributed by atoms with Crippen LogP contribution in [-0.4, -0.2) is 19.3 Å². The second kappa shape index (κ2) is 5.97. The normalized spacial score (nSPS) is 12.7. The Bertz CT molecular complexity index is 642. The van der Waals surface area contributed by atoms with Gasteiger partial charge in [-0.15, -0.1) is 0 Å². The first-order chi connectivity index (χ1) is 10.1. The minimum absolute atomic E-state index is 0.131. The van der Waals surface area contributed by atoms with Crippen molar-refractivity contribution in [3.05, 3.63) is 47.8 Å². The van der Waals surface area contributed by atoms with E-state index in [4.69, 9.17) is 4.43 Å². The van der Waals surface area contributed by atoms with Gasteiger partial charge in [-0.3, -0.25) is 0 Å². The molecule has 1 aromatic carbocycles. The van der Waals surface area contributed by atoms with Gasteiger partial charge in [-0.25, -0.2) is 9.37 Å². The summed E-state index contributed by atoms with van der Waals surface area (Å²) in [5.41, 5.74) is 1.32. The van der Waals surface area contributed by atoms with Gasteiger partial charge < -0.3 is 8.99 Å². The Balaban J connectivity index is 2.26. The summed E-state index contributed by atoms with van der Waals surface area (Å²) in [6.45, 7) is 12.5. The van der Waals surface area contributed by atoms with Gasteiger partial charge in [-0.2, -0.15) is 0 Å². The van der Waals surface area contributed by atoms with E-state index in [2.05, 4.69) is 25.8 Å². The molecule has 0 N–H and O–H groups in total. The number of benzene rings is 1. The molecule has 22 heavy (non-hydrogen) atoms. The maximum absolute atomic E-state index is 13.1. The molecular weight excluding hydrogens is 295 g/mol. The molecule has 0 unspecified atom stereocenters. The van der Waals surface area contributed by atoms with Gasteiger partial charge in [0.25, 0.3) is 0 Å². The van der Waals surface area contributed by atoms with Crippen LogP contribution in [0.1, 0.15) is 46.1 Å². The van der Waals surface area contributed by atoms with Crippen molar-refractivity contribution in [2.75, 3.05) is 0 Å². The third kappa shape index (κ3) is 4.05. The Morgan fingerprint density at radius 3 is 2.23 bits per heavy atom. The van der Waals surface area contributed by atoms with E-state index >= 15 is 0 Å². The SMILES string of the molecule is Cc1nc(C(C)(C)O[Si]C(C)(C)C)cn1-c1ccc(F)cc1. The van der Waals surface area contributed by atoms with E-state index in [1.54, 1.807) is 12.1 Å². The summed E-state index contributed by atoms with van der Waals surface area (Å²) in [5.74, 6) is 0.620. The molecule has 2 radical (unpaired) electrons. The predicted molar refractivity (Wildman–Crippen MR) is 87.8 cm³/mol. The summed E-state index contributed by atoms with van der Waals surface area (Å²) in [6, 6.07) is 6.41. The summed E-state index contributed by atoms with van der Waals surface area (Å²) < 4.78 is 21.1. The molecule has 5 heteroatoms. The Hall–Kier alpha value is -1.46. The number of rotatable bonds is 4. The van der Waals surface area contributed by atoms with E-state index in [-0.39, 0.29) is 10.9 Å². The molecule has 118 valence electrons. The Kier molecular flexibility index (Phi) is 4.59. The molecule has 1 heterocycles. The van der Waals surface area contributed by atoms with E-state index in [0.717, 1.165) is 17.2 Å². The Labute approximate surface area is 134 Å². The van der Waals surface area contributed by atoms with Gasteiger partial charge in [0.05, 0.1) is 11.3 Å². The van der Waals surface area contributed by atoms with Crippen LogP contribution in [0.3, 0.4) is 0 Å². The fourth-order valence-electron chi connectivity index (χ4n) is 1.96. The molecule has 1 aromatic heterocycles. The summed E-state index contributed by atoms with van der Waals surface area (Å²) in [7, 11) is 0.390. The zero-order chi connectivity index (χ0) is 16.5. The predicted octanol–water partition coefficient (Wildman–Crippen LogP) is 4.41. The van der Waals surface area contributed by atoms with Crippen LogP contribution in [0.2, 0.25) is 5.04 Å². The summed E-state index contributed by atoms with van der Waals surface area (Å²) in [6.07, 6.45) is 1.97. The third-order valence-corrected chi connectivity index (χ3v) is 4.44. The van der Waals surface area contributed by atoms with Crippen molar-refractivity contribution in [3.8, 4) is 5.69 Å². The van der Waals surface area contributed by atoms with Crippen LogP contribution in [0, 0.1) is 12.7 Å². The average molecular weight is 318 g/mol. The summed E-state index contributed by atoms with van der Waals surface area (Å²) in [5, 5.41) is 0.131. The van der Waals surface area contributed by atoms with Crippen LogP contribution in [0.15, 0.2) is 30.5 Å². The lowest BCUT2D eigenvalue weighted by Gasteiger charge is -2.27. The van der Waals surface area contributed by atoms with Crippen LogP contribution in [0.5, 0.6) is 0 Å². The highest BCUT2D eigenvalue weighted by Crippen LogP contribution is 2.29. The molecule has 0 saturated heterocycles. The largest absolute Gasteiger partial charge is 0.406 e. The van der Waals surface area contributed by atoms with E-state index in [1.807, 2.05) is 31.5 Å². The van der Waals surface area contributed by atoms with Gasteiger partial charge in [-0.05, 0) is 50.1 Å². The second-order valence-electron chi connectivity index (χ2n) is 6.98. The van der Waals surface area contributed by atoms with Gasteiger partial charge in [0, 0.05) is 11.9 Å². The molecule has 0 atom stereocenters. The van der Waals surface area contributed by atoms with Crippen molar-refractivity contribution in [2.45, 2.75) is 52.2 Å². The van der Waals surface area contributed by atoms with Crippen molar-refractivity contribution < 1.29 is 8.82 Å². The molecule has 0 spiro atoms. The molecule has 3 nitrogen and oxygen atoms in total. The fourth-order valence-corrected chi connectivity index (χ4v) is 2.62. The third-order valence-electron chi connectivity index (χ3n) is 3.22. The van der Waals surface area contributed by atoms with E-state index in [1.165, 1.54) is 12.1 Å². The van der Waals surface area contributed by atoms with Crippen molar-refractivity contribution in [3.63, 3.8) is 0 Å². The lowest BCUT2D eigenvalue weighted by atomic mass is 10.1. The highest BCUT2D eigenvalue weighted by Gasteiger charge is 2.28. The molecule has 2 rings (SSSR count). The summed E-state index contributed by atoms with van der Waals surface area (Å²) in [4.78, 5) is 4.63. The topological polar surface area (TPSA) is 27.1 Å². The zero-order valence-corrected chi connectivity index (χ0v) is 15.1. The number of hydrogen-bond donors (Lipinski definition) is 0. The second-order valence-corrected chi connectivity index (χ2v) is 8.89. The number of halogens is 1. The van der Waals surface area contributed by atoms with Crippen LogP contribution < -0.4 is 0 Å². The highest BCUT2D eigenvalue weighted by atomic mass is 28.2. The first kappa shape index (κ1) is 16.9. The molecule has 0 aliphatic rings. The average Bonchev–Trinajstić information content (AvgIpc) is 2.80. The smallest absolute Gasteiger partial charge is 0.237 e. The first-order valence-corrected chi connectivity index (χ1v) is 8.27. The Morgan fingerprint density at radius 1 is 1.09 bits per heavy atom. The monoisotopic (exact) mass is 318 g/mol. The van der Waals surface area contributed by atoms with Crippen molar-refractivity contribution in [1.82, 2.24) is 9.55 Å². The van der Waals surface area contributed by atoms with Crippen LogP contribution >= 0.6 is 0 Å². The van der Waals surface area contributed by atoms with Crippen LogP contribution in [0.25, 0.3) is 5.69 Å². The number of nitrogens with zero attached hydrogens (tertiary/aromatic N) is 2. The van der Waals surface area contributed by atoms with Gasteiger partial charge in [0.2, 0.25) is 9.76 Å². The minimum atomic E-state index is -0.457. The van der Waals surface area contributed by atoms with Crippen LogP contribution in [0.4, 0.5) is 4.39 Å². The Morgan fingerprint density at radius 2 is 1.68 bits per heavy atom. The number of hydrogen-bond acceptors (Lipinski definition) is 2. The number of aromatic nitrogens is 2. The first-order valence-electron chi connectivity index (χ1n) is 7.36. The van der Waals surface area contributed by atoms with Crippen molar-refractivity contribution >= 4 is 9.76 Å².